The Kier molecular flexibility index (Phi) is 6.65. The number of rotatable bonds is 5. The zero-order chi connectivity index (χ0) is 22.6. The molecule has 2 fully saturated rings. The molecule has 1 aromatic carbocycles. The van der Waals surface area contributed by atoms with Crippen LogP contribution in [-0.2, 0) is 11.3 Å². The zero-order valence-electron chi connectivity index (χ0n) is 19.4. The van der Waals surface area contributed by atoms with Gasteiger partial charge in [-0.2, -0.15) is 0 Å². The Morgan fingerprint density at radius 3 is 2.48 bits per heavy atom. The number of likely N-dealkylation sites (tertiary alicyclic amines) is 2. The average molecular weight is 445 g/mol. The molecule has 2 aliphatic rings. The minimum absolute atomic E-state index is 0.328. The lowest BCUT2D eigenvalue weighted by Gasteiger charge is -2.40. The van der Waals surface area contributed by atoms with Crippen LogP contribution in [0.1, 0.15) is 48.0 Å². The molecule has 0 N–H and O–H groups in total. The van der Waals surface area contributed by atoms with Crippen molar-refractivity contribution in [2.45, 2.75) is 44.7 Å². The first-order chi connectivity index (χ1) is 16.2. The molecule has 0 amide bonds. The predicted octanol–water partition coefficient (Wildman–Crippen LogP) is 4.53. The van der Waals surface area contributed by atoms with Gasteiger partial charge in [0.15, 0.2) is 5.65 Å². The molecule has 33 heavy (non-hydrogen) atoms. The number of fused-ring (bicyclic) bond motifs is 1. The molecule has 2 aromatic heterocycles. The van der Waals surface area contributed by atoms with Crippen molar-refractivity contribution < 1.29 is 9.53 Å². The van der Waals surface area contributed by atoms with E-state index in [0.29, 0.717) is 23.8 Å². The molecule has 0 radical (unpaired) electrons. The summed E-state index contributed by atoms with van der Waals surface area (Å²) in [6.45, 7) is 5.23. The summed E-state index contributed by atoms with van der Waals surface area (Å²) in [7, 11) is 1.45. The number of piperidine rings is 2. The molecule has 0 unspecified atom stereocenters. The van der Waals surface area contributed by atoms with Crippen LogP contribution >= 0.6 is 0 Å². The van der Waals surface area contributed by atoms with Crippen molar-refractivity contribution in [2.75, 3.05) is 33.3 Å². The Morgan fingerprint density at radius 2 is 1.76 bits per heavy atom. The summed E-state index contributed by atoms with van der Waals surface area (Å²) in [6, 6.07) is 14.6. The standard InChI is InChI=1S/C27H32N4O2/c1-33-27(32)24-22-11-8-14-28-26(22)29-25(20-9-4-2-5-10-20)23(24)19-30-17-12-21(13-18-30)31-15-6-3-7-16-31/h2,4-5,8-11,14,21H,3,6-7,12-13,15-19H2,1H3. The Bertz CT molecular complexity index is 1100. The second-order valence-electron chi connectivity index (χ2n) is 9.15. The van der Waals surface area contributed by atoms with Crippen molar-refractivity contribution in [3.63, 3.8) is 0 Å². The second kappa shape index (κ2) is 9.98. The van der Waals surface area contributed by atoms with Crippen molar-refractivity contribution in [1.29, 1.82) is 0 Å². The molecular weight excluding hydrogens is 412 g/mol. The van der Waals surface area contributed by atoms with E-state index in [9.17, 15) is 4.79 Å². The molecule has 0 atom stereocenters. The van der Waals surface area contributed by atoms with Crippen molar-refractivity contribution >= 4 is 17.0 Å². The average Bonchev–Trinajstić information content (AvgIpc) is 2.89. The molecule has 0 aliphatic carbocycles. The van der Waals surface area contributed by atoms with E-state index < -0.39 is 0 Å². The zero-order valence-corrected chi connectivity index (χ0v) is 19.4. The van der Waals surface area contributed by atoms with Crippen molar-refractivity contribution in [3.05, 3.63) is 59.8 Å². The molecular formula is C27H32N4O2. The monoisotopic (exact) mass is 444 g/mol. The number of methoxy groups -OCH3 is 1. The first-order valence-corrected chi connectivity index (χ1v) is 12.1. The third kappa shape index (κ3) is 4.63. The van der Waals surface area contributed by atoms with E-state index in [1.165, 1.54) is 52.3 Å². The number of hydrogen-bond donors (Lipinski definition) is 0. The number of aromatic nitrogens is 2. The number of hydrogen-bond acceptors (Lipinski definition) is 6. The Labute approximate surface area is 195 Å². The van der Waals surface area contributed by atoms with E-state index in [1.807, 2.05) is 42.5 Å². The molecule has 172 valence electrons. The third-order valence-corrected chi connectivity index (χ3v) is 7.14. The minimum Gasteiger partial charge on any atom is -0.465 e. The smallest absolute Gasteiger partial charge is 0.339 e. The SMILES string of the molecule is COC(=O)c1c(CN2CCC(N3CCCCC3)CC2)c(-c2ccccc2)nc2ncccc12. The third-order valence-electron chi connectivity index (χ3n) is 7.14. The molecule has 2 aliphatic heterocycles. The Balaban J connectivity index is 1.49. The lowest BCUT2D eigenvalue weighted by atomic mass is 9.95. The van der Waals surface area contributed by atoms with Gasteiger partial charge in [0.05, 0.1) is 18.4 Å². The molecule has 3 aromatic rings. The fourth-order valence-electron chi connectivity index (χ4n) is 5.41. The van der Waals surface area contributed by atoms with Crippen LogP contribution in [0.5, 0.6) is 0 Å². The fraction of sp³-hybridized carbons (Fsp3) is 0.444. The largest absolute Gasteiger partial charge is 0.465 e. The van der Waals surface area contributed by atoms with E-state index >= 15 is 0 Å². The van der Waals surface area contributed by atoms with Gasteiger partial charge in [-0.05, 0) is 64.0 Å². The fourth-order valence-corrected chi connectivity index (χ4v) is 5.41. The number of carbonyl (C=O) groups excluding carboxylic acids is 1. The predicted molar refractivity (Wildman–Crippen MR) is 130 cm³/mol. The highest BCUT2D eigenvalue weighted by molar-refractivity contribution is 6.05. The number of pyridine rings is 2. The summed E-state index contributed by atoms with van der Waals surface area (Å²) in [5.41, 5.74) is 3.91. The van der Waals surface area contributed by atoms with Crippen LogP contribution in [0.15, 0.2) is 48.7 Å². The Morgan fingerprint density at radius 1 is 1.00 bits per heavy atom. The van der Waals surface area contributed by atoms with Gasteiger partial charge in [0.25, 0.3) is 0 Å². The van der Waals surface area contributed by atoms with Gasteiger partial charge in [-0.15, -0.1) is 0 Å². The van der Waals surface area contributed by atoms with Crippen molar-refractivity contribution in [3.8, 4) is 11.3 Å². The van der Waals surface area contributed by atoms with Gasteiger partial charge in [-0.25, -0.2) is 14.8 Å². The lowest BCUT2D eigenvalue weighted by Crippen LogP contribution is -2.46. The molecule has 4 heterocycles. The number of carbonyl (C=O) groups is 1. The maximum absolute atomic E-state index is 13.0. The second-order valence-corrected chi connectivity index (χ2v) is 9.15. The maximum atomic E-state index is 13.0. The van der Waals surface area contributed by atoms with Crippen molar-refractivity contribution in [2.24, 2.45) is 0 Å². The van der Waals surface area contributed by atoms with Crippen LogP contribution in [0, 0.1) is 0 Å². The molecule has 0 saturated carbocycles. The minimum atomic E-state index is -0.328. The number of benzene rings is 1. The highest BCUT2D eigenvalue weighted by atomic mass is 16.5. The van der Waals surface area contributed by atoms with Crippen LogP contribution in [0.4, 0.5) is 0 Å². The summed E-state index contributed by atoms with van der Waals surface area (Å²) in [4.78, 5) is 27.6. The molecule has 2 saturated heterocycles. The quantitative estimate of drug-likeness (QED) is 0.539. The van der Waals surface area contributed by atoms with Crippen LogP contribution in [0.25, 0.3) is 22.3 Å². The Hall–Kier alpha value is -2.83. The van der Waals surface area contributed by atoms with Crippen LogP contribution < -0.4 is 0 Å². The summed E-state index contributed by atoms with van der Waals surface area (Å²) in [6.07, 6.45) is 8.11. The summed E-state index contributed by atoms with van der Waals surface area (Å²) >= 11 is 0. The van der Waals surface area contributed by atoms with Gasteiger partial charge in [-0.3, -0.25) is 4.90 Å². The van der Waals surface area contributed by atoms with Crippen LogP contribution in [0.2, 0.25) is 0 Å². The number of nitrogens with zero attached hydrogens (tertiary/aromatic N) is 4. The topological polar surface area (TPSA) is 58.6 Å². The molecule has 0 spiro atoms. The van der Waals surface area contributed by atoms with Gasteiger partial charge in [0, 0.05) is 35.3 Å². The molecule has 6 nitrogen and oxygen atoms in total. The van der Waals surface area contributed by atoms with Gasteiger partial charge in [-0.1, -0.05) is 36.8 Å². The molecule has 5 rings (SSSR count). The summed E-state index contributed by atoms with van der Waals surface area (Å²) in [5.74, 6) is -0.328. The van der Waals surface area contributed by atoms with Gasteiger partial charge in [0.1, 0.15) is 0 Å². The van der Waals surface area contributed by atoms with E-state index in [1.54, 1.807) is 6.20 Å². The normalized spacial score (nSPS) is 18.5. The maximum Gasteiger partial charge on any atom is 0.339 e. The molecule has 0 bridgehead atoms. The van der Waals surface area contributed by atoms with Gasteiger partial charge < -0.3 is 9.64 Å². The number of ether oxygens (including phenoxy) is 1. The van der Waals surface area contributed by atoms with Gasteiger partial charge >= 0.3 is 5.97 Å². The highest BCUT2D eigenvalue weighted by Gasteiger charge is 2.28. The number of esters is 1. The molecule has 6 heteroatoms. The van der Waals surface area contributed by atoms with Crippen LogP contribution in [0.3, 0.4) is 0 Å². The first-order valence-electron chi connectivity index (χ1n) is 12.1. The van der Waals surface area contributed by atoms with E-state index in [2.05, 4.69) is 14.8 Å². The van der Waals surface area contributed by atoms with Crippen molar-refractivity contribution in [1.82, 2.24) is 19.8 Å². The van der Waals surface area contributed by atoms with E-state index in [0.717, 1.165) is 35.3 Å². The highest BCUT2D eigenvalue weighted by Crippen LogP contribution is 2.32. The lowest BCUT2D eigenvalue weighted by molar-refractivity contribution is 0.0598. The van der Waals surface area contributed by atoms with E-state index in [-0.39, 0.29) is 5.97 Å². The summed E-state index contributed by atoms with van der Waals surface area (Å²) < 4.78 is 5.24. The first kappa shape index (κ1) is 22.0. The van der Waals surface area contributed by atoms with E-state index in [4.69, 9.17) is 9.72 Å². The summed E-state index contributed by atoms with van der Waals surface area (Å²) in [5, 5.41) is 0.752. The van der Waals surface area contributed by atoms with Gasteiger partial charge in [0.2, 0.25) is 0 Å². The van der Waals surface area contributed by atoms with Crippen LogP contribution in [-0.4, -0.2) is 65.1 Å².